The van der Waals surface area contributed by atoms with E-state index in [1.54, 1.807) is 0 Å². The summed E-state index contributed by atoms with van der Waals surface area (Å²) in [5, 5.41) is 1.02. The number of nitrogens with one attached hydrogen (secondary N) is 1. The maximum absolute atomic E-state index is 15.7. The highest BCUT2D eigenvalue weighted by Gasteiger charge is 2.43. The number of hydrogen-bond acceptors (Lipinski definition) is 3. The number of alkyl halides is 2. The van der Waals surface area contributed by atoms with Crippen LogP contribution in [-0.2, 0) is 6.42 Å². The minimum absolute atomic E-state index is 0.0312. The quantitative estimate of drug-likeness (QED) is 0.395. The molecule has 8 heteroatoms. The van der Waals surface area contributed by atoms with E-state index in [4.69, 9.17) is 4.74 Å². The van der Waals surface area contributed by atoms with Crippen LogP contribution in [0.15, 0.2) is 36.4 Å². The molecule has 1 aromatic heterocycles. The number of fused-ring (bicyclic) bond motifs is 3. The van der Waals surface area contributed by atoms with Crippen molar-refractivity contribution < 1.29 is 22.3 Å². The Morgan fingerprint density at radius 2 is 1.78 bits per heavy atom. The third-order valence-corrected chi connectivity index (χ3v) is 7.96. The highest BCUT2D eigenvalue weighted by molar-refractivity contribution is 5.85. The van der Waals surface area contributed by atoms with E-state index in [-0.39, 0.29) is 35.9 Å². The molecule has 2 aliphatic heterocycles. The minimum atomic E-state index is -1.55. The number of benzene rings is 2. The first-order chi connectivity index (χ1) is 17.6. The van der Waals surface area contributed by atoms with E-state index in [1.807, 2.05) is 36.1 Å². The van der Waals surface area contributed by atoms with Gasteiger partial charge in [0, 0.05) is 72.4 Å². The summed E-state index contributed by atoms with van der Waals surface area (Å²) in [4.78, 5) is 7.35. The zero-order valence-electron chi connectivity index (χ0n) is 21.4. The van der Waals surface area contributed by atoms with Crippen molar-refractivity contribution in [2.75, 3.05) is 26.2 Å². The topological polar surface area (TPSA) is 31.5 Å². The van der Waals surface area contributed by atoms with Crippen LogP contribution in [-0.4, -0.2) is 64.9 Å². The van der Waals surface area contributed by atoms with Gasteiger partial charge in [-0.3, -0.25) is 9.80 Å². The van der Waals surface area contributed by atoms with Crippen molar-refractivity contribution in [3.05, 3.63) is 64.9 Å². The standard InChI is InChI=1S/C29H33F4N3O/c1-16-8-21-20-6-4-5-7-25(20)34-27(21)28(36(16)15-29(2,3)33)26-23(31)10-18(11-24(26)32)37-19-13-35(14-19)12-17-9-22(17)30/h4-7,10-11,16-17,19,22,28,34H,8-9,12-15H2,1-3H3/t16-,17-,22-,28-/m1/s1. The van der Waals surface area contributed by atoms with Crippen LogP contribution in [0.25, 0.3) is 10.9 Å². The molecule has 3 heterocycles. The van der Waals surface area contributed by atoms with Gasteiger partial charge in [0.05, 0.1) is 6.04 Å². The molecule has 1 saturated heterocycles. The summed E-state index contributed by atoms with van der Waals surface area (Å²) in [5.74, 6) is -1.18. The Morgan fingerprint density at radius 1 is 1.11 bits per heavy atom. The number of rotatable bonds is 7. The van der Waals surface area contributed by atoms with Crippen LogP contribution in [0.4, 0.5) is 17.6 Å². The summed E-state index contributed by atoms with van der Waals surface area (Å²) < 4.78 is 65.4. The fourth-order valence-corrected chi connectivity index (χ4v) is 6.06. The number of hydrogen-bond donors (Lipinski definition) is 1. The molecule has 2 fully saturated rings. The molecule has 198 valence electrons. The molecule has 0 spiro atoms. The van der Waals surface area contributed by atoms with Crippen LogP contribution >= 0.6 is 0 Å². The van der Waals surface area contributed by atoms with Crippen molar-refractivity contribution in [3.8, 4) is 5.75 Å². The SMILES string of the molecule is C[C@@H]1Cc2c([nH]c3ccccc23)[C@@H](c2c(F)cc(OC3CN(C[C@H]4C[C@H]4F)C3)cc2F)N1CC(C)(C)F. The summed E-state index contributed by atoms with van der Waals surface area (Å²) in [6.45, 7) is 6.92. The highest BCUT2D eigenvalue weighted by Crippen LogP contribution is 2.44. The molecule has 1 saturated carbocycles. The summed E-state index contributed by atoms with van der Waals surface area (Å²) in [7, 11) is 0. The molecule has 3 aromatic rings. The van der Waals surface area contributed by atoms with Gasteiger partial charge in [0.1, 0.15) is 35.3 Å². The molecule has 6 rings (SSSR count). The van der Waals surface area contributed by atoms with Crippen LogP contribution in [0.3, 0.4) is 0 Å². The van der Waals surface area contributed by atoms with Gasteiger partial charge in [-0.2, -0.15) is 0 Å². The first-order valence-electron chi connectivity index (χ1n) is 13.1. The van der Waals surface area contributed by atoms with E-state index in [1.165, 1.54) is 26.0 Å². The first-order valence-corrected chi connectivity index (χ1v) is 13.1. The molecule has 3 aliphatic rings. The summed E-state index contributed by atoms with van der Waals surface area (Å²) in [5.41, 5.74) is 0.961. The third kappa shape index (κ3) is 4.74. The van der Waals surface area contributed by atoms with Crippen molar-refractivity contribution in [1.82, 2.24) is 14.8 Å². The molecule has 1 aliphatic carbocycles. The molecule has 2 aromatic carbocycles. The Hall–Kier alpha value is -2.58. The number of H-pyrrole nitrogens is 1. The zero-order valence-corrected chi connectivity index (χ0v) is 21.4. The fourth-order valence-electron chi connectivity index (χ4n) is 6.06. The normalized spacial score (nSPS) is 26.8. The molecule has 4 atom stereocenters. The lowest BCUT2D eigenvalue weighted by molar-refractivity contribution is 0.0153. The predicted molar refractivity (Wildman–Crippen MR) is 135 cm³/mol. The van der Waals surface area contributed by atoms with Gasteiger partial charge in [0.25, 0.3) is 0 Å². The van der Waals surface area contributed by atoms with Gasteiger partial charge in [-0.05, 0) is 45.2 Å². The second kappa shape index (κ2) is 9.02. The Balaban J connectivity index is 1.31. The van der Waals surface area contributed by atoms with Crippen molar-refractivity contribution in [2.24, 2.45) is 5.92 Å². The first kappa shape index (κ1) is 24.7. The lowest BCUT2D eigenvalue weighted by Crippen LogP contribution is -2.54. The summed E-state index contributed by atoms with van der Waals surface area (Å²) in [6, 6.07) is 9.36. The Labute approximate surface area is 214 Å². The summed E-state index contributed by atoms with van der Waals surface area (Å²) >= 11 is 0. The van der Waals surface area contributed by atoms with Gasteiger partial charge in [0.15, 0.2) is 0 Å². The largest absolute Gasteiger partial charge is 0.488 e. The number of aromatic amines is 1. The smallest absolute Gasteiger partial charge is 0.135 e. The van der Waals surface area contributed by atoms with Crippen LogP contribution < -0.4 is 4.74 Å². The number of aromatic nitrogens is 1. The second-order valence-corrected chi connectivity index (χ2v) is 11.7. The Bertz CT molecular complexity index is 1290. The van der Waals surface area contributed by atoms with E-state index in [2.05, 4.69) is 9.88 Å². The van der Waals surface area contributed by atoms with E-state index in [9.17, 15) is 8.78 Å². The highest BCUT2D eigenvalue weighted by atomic mass is 19.1. The fraction of sp³-hybridized carbons (Fsp3) is 0.517. The predicted octanol–water partition coefficient (Wildman–Crippen LogP) is 5.95. The van der Waals surface area contributed by atoms with Crippen molar-refractivity contribution >= 4 is 10.9 Å². The van der Waals surface area contributed by atoms with Crippen molar-refractivity contribution in [3.63, 3.8) is 0 Å². The molecular weight excluding hydrogens is 482 g/mol. The molecule has 4 nitrogen and oxygen atoms in total. The minimum Gasteiger partial charge on any atom is -0.488 e. The van der Waals surface area contributed by atoms with Gasteiger partial charge < -0.3 is 9.72 Å². The lowest BCUT2D eigenvalue weighted by Gasteiger charge is -2.43. The molecule has 37 heavy (non-hydrogen) atoms. The van der Waals surface area contributed by atoms with Gasteiger partial charge >= 0.3 is 0 Å². The number of para-hydroxylation sites is 1. The average molecular weight is 516 g/mol. The number of ether oxygens (including phenoxy) is 1. The van der Waals surface area contributed by atoms with Crippen LogP contribution in [0.1, 0.15) is 50.1 Å². The monoisotopic (exact) mass is 515 g/mol. The molecule has 0 amide bonds. The number of likely N-dealkylation sites (tertiary alicyclic amines) is 1. The maximum Gasteiger partial charge on any atom is 0.135 e. The van der Waals surface area contributed by atoms with E-state index >= 15 is 8.78 Å². The molecular formula is C29H33F4N3O. The molecule has 0 bridgehead atoms. The molecule has 1 N–H and O–H groups in total. The molecule has 0 unspecified atom stereocenters. The second-order valence-electron chi connectivity index (χ2n) is 11.7. The van der Waals surface area contributed by atoms with Crippen LogP contribution in [0, 0.1) is 17.6 Å². The van der Waals surface area contributed by atoms with E-state index < -0.39 is 29.5 Å². The Kier molecular flexibility index (Phi) is 6.03. The van der Waals surface area contributed by atoms with Gasteiger partial charge in [-0.1, -0.05) is 18.2 Å². The Morgan fingerprint density at radius 3 is 2.43 bits per heavy atom. The van der Waals surface area contributed by atoms with E-state index in [0.29, 0.717) is 38.2 Å². The summed E-state index contributed by atoms with van der Waals surface area (Å²) in [6.07, 6.45) is 0.395. The number of nitrogens with zero attached hydrogens (tertiary/aromatic N) is 2. The number of halogens is 4. The zero-order chi connectivity index (χ0) is 26.1. The van der Waals surface area contributed by atoms with Gasteiger partial charge in [0.2, 0.25) is 0 Å². The molecule has 0 radical (unpaired) electrons. The van der Waals surface area contributed by atoms with E-state index in [0.717, 1.165) is 16.5 Å². The maximum atomic E-state index is 15.7. The average Bonchev–Trinajstić information content (AvgIpc) is 3.36. The van der Waals surface area contributed by atoms with Gasteiger partial charge in [-0.15, -0.1) is 0 Å². The lowest BCUT2D eigenvalue weighted by atomic mass is 9.87. The third-order valence-electron chi connectivity index (χ3n) is 7.96. The van der Waals surface area contributed by atoms with Crippen LogP contribution in [0.5, 0.6) is 5.75 Å². The van der Waals surface area contributed by atoms with Crippen LogP contribution in [0.2, 0.25) is 0 Å². The van der Waals surface area contributed by atoms with Crippen molar-refractivity contribution in [2.45, 2.75) is 63.6 Å². The van der Waals surface area contributed by atoms with Gasteiger partial charge in [-0.25, -0.2) is 17.6 Å². The van der Waals surface area contributed by atoms with Crippen molar-refractivity contribution in [1.29, 1.82) is 0 Å².